The summed E-state index contributed by atoms with van der Waals surface area (Å²) in [4.78, 5) is 59.5. The van der Waals surface area contributed by atoms with E-state index in [1.807, 2.05) is 36.4 Å². The third-order valence-electron chi connectivity index (χ3n) is 9.97. The summed E-state index contributed by atoms with van der Waals surface area (Å²) in [6.07, 6.45) is 7.58. The normalized spacial score (nSPS) is 9.43. The molecule has 0 unspecified atom stereocenters. The van der Waals surface area contributed by atoms with E-state index in [0.717, 1.165) is 33.2 Å². The van der Waals surface area contributed by atoms with Gasteiger partial charge in [0, 0.05) is 51.3 Å². The van der Waals surface area contributed by atoms with E-state index in [1.165, 1.54) is 48.9 Å². The summed E-state index contributed by atoms with van der Waals surface area (Å²) in [6, 6.07) is 49.8. The van der Waals surface area contributed by atoms with Gasteiger partial charge < -0.3 is 50.1 Å². The smallest absolute Gasteiger partial charge is 0.312 e. The van der Waals surface area contributed by atoms with Crippen molar-refractivity contribution in [3.8, 4) is 57.8 Å². The van der Waals surface area contributed by atoms with Crippen molar-refractivity contribution in [2.24, 2.45) is 5.73 Å². The second-order valence-electron chi connectivity index (χ2n) is 15.9. The number of hydrogen-bond donors (Lipinski definition) is 3. The average Bonchev–Trinajstić information content (AvgIpc) is 3.59. The van der Waals surface area contributed by atoms with E-state index in [1.54, 1.807) is 109 Å². The SMILES string of the molecule is N#Cc1ncccc1O.NC(=O)c1ncccc1Oc1ccc(Br)cc1.O=[N+]([O-])c1ccc(F)cc1.[C-]#[N+]c1ncccc1Oc1ccc(Br)cc1.[C-]#[N+]c1ncccc1Oc1ccc(N)cc1.[C-]#[N+]c1ncccc1Oc1ccc([N+](=O)[O-])cc1. The molecule has 26 heteroatoms. The van der Waals surface area contributed by atoms with Crippen molar-refractivity contribution in [1.29, 1.82) is 5.26 Å². The van der Waals surface area contributed by atoms with Gasteiger partial charge in [-0.3, -0.25) is 25.0 Å². The van der Waals surface area contributed by atoms with Crippen molar-refractivity contribution in [2.75, 3.05) is 5.73 Å². The molecule has 0 bridgehead atoms. The number of nitrogens with two attached hydrogens (primary N) is 2. The highest BCUT2D eigenvalue weighted by Crippen LogP contribution is 2.33. The largest absolute Gasteiger partial charge is 0.505 e. The number of nitrogens with zero attached hydrogens (tertiary/aromatic N) is 11. The summed E-state index contributed by atoms with van der Waals surface area (Å²) in [6.45, 7) is 20.8. The Balaban J connectivity index is 0.000000191. The molecule has 5 aromatic heterocycles. The van der Waals surface area contributed by atoms with Gasteiger partial charge in [0.1, 0.15) is 53.5 Å². The average molecular weight is 1280 g/mol. The summed E-state index contributed by atoms with van der Waals surface area (Å²) in [7, 11) is 0. The minimum Gasteiger partial charge on any atom is -0.505 e. The van der Waals surface area contributed by atoms with Crippen LogP contribution in [0, 0.1) is 57.1 Å². The number of pyridine rings is 5. The van der Waals surface area contributed by atoms with Crippen LogP contribution in [0.3, 0.4) is 0 Å². The molecule has 86 heavy (non-hydrogen) atoms. The second-order valence-corrected chi connectivity index (χ2v) is 17.7. The van der Waals surface area contributed by atoms with Crippen LogP contribution < -0.4 is 30.4 Å². The van der Waals surface area contributed by atoms with E-state index in [0.29, 0.717) is 51.7 Å². The predicted molar refractivity (Wildman–Crippen MR) is 320 cm³/mol. The quantitative estimate of drug-likeness (QED) is 0.0469. The molecule has 0 atom stereocenters. The molecule has 23 nitrogen and oxygen atoms in total. The number of rotatable bonds is 11. The number of non-ortho nitro benzene ring substituents is 2. The molecule has 426 valence electrons. The third kappa shape index (κ3) is 21.7. The van der Waals surface area contributed by atoms with Gasteiger partial charge in [0.2, 0.25) is 0 Å². The van der Waals surface area contributed by atoms with Gasteiger partial charge in [-0.05, 0) is 158 Å². The molecule has 10 rings (SSSR count). The summed E-state index contributed by atoms with van der Waals surface area (Å²) in [5.41, 5.74) is 11.5. The monoisotopic (exact) mass is 1280 g/mol. The van der Waals surface area contributed by atoms with E-state index >= 15 is 0 Å². The van der Waals surface area contributed by atoms with Crippen LogP contribution in [-0.4, -0.2) is 45.8 Å². The molecule has 1 amide bonds. The number of benzene rings is 5. The Morgan fingerprint density at radius 3 is 1.20 bits per heavy atom. The maximum absolute atomic E-state index is 12.1. The number of ether oxygens (including phenoxy) is 4. The van der Waals surface area contributed by atoms with Crippen LogP contribution in [0.2, 0.25) is 0 Å². The van der Waals surface area contributed by atoms with Gasteiger partial charge in [0.05, 0.1) is 9.85 Å². The molecule has 0 spiro atoms. The Morgan fingerprint density at radius 1 is 0.523 bits per heavy atom. The fourth-order valence-electron chi connectivity index (χ4n) is 6.03. The van der Waals surface area contributed by atoms with Crippen molar-refractivity contribution in [3.63, 3.8) is 0 Å². The van der Waals surface area contributed by atoms with Crippen LogP contribution in [0.4, 0.5) is 38.9 Å². The van der Waals surface area contributed by atoms with Crippen LogP contribution >= 0.6 is 31.9 Å². The summed E-state index contributed by atoms with van der Waals surface area (Å²) < 4.78 is 36.1. The van der Waals surface area contributed by atoms with Crippen LogP contribution in [0.15, 0.2) is 222 Å². The zero-order chi connectivity index (χ0) is 62.2. The lowest BCUT2D eigenvalue weighted by atomic mass is 10.3. The number of hydrogen-bond acceptors (Lipinski definition) is 17. The third-order valence-corrected chi connectivity index (χ3v) is 11.0. The van der Waals surface area contributed by atoms with Crippen LogP contribution in [0.5, 0.6) is 51.7 Å². The lowest BCUT2D eigenvalue weighted by Crippen LogP contribution is -2.14. The highest BCUT2D eigenvalue weighted by molar-refractivity contribution is 9.10. The number of halogens is 3. The lowest BCUT2D eigenvalue weighted by Gasteiger charge is -2.07. The fourth-order valence-corrected chi connectivity index (χ4v) is 6.55. The first-order valence-electron chi connectivity index (χ1n) is 24.0. The summed E-state index contributed by atoms with van der Waals surface area (Å²) in [5.74, 6) is 3.45. The molecule has 0 aliphatic heterocycles. The van der Waals surface area contributed by atoms with Crippen molar-refractivity contribution in [2.45, 2.75) is 0 Å². The van der Waals surface area contributed by atoms with E-state index < -0.39 is 21.6 Å². The fraction of sp³-hybridized carbons (Fsp3) is 0. The highest BCUT2D eigenvalue weighted by Gasteiger charge is 2.12. The first-order valence-corrected chi connectivity index (χ1v) is 25.6. The molecule has 0 aliphatic carbocycles. The maximum atomic E-state index is 12.1. The number of nitriles is 1. The van der Waals surface area contributed by atoms with Gasteiger partial charge in [-0.1, -0.05) is 51.6 Å². The van der Waals surface area contributed by atoms with Crippen LogP contribution in [0.1, 0.15) is 16.2 Å². The first kappa shape index (κ1) is 64.6. The molecule has 10 aromatic rings. The van der Waals surface area contributed by atoms with Gasteiger partial charge in [-0.15, -0.1) is 15.0 Å². The number of carbonyl (C=O) groups excluding carboxylic acids is 1. The van der Waals surface area contributed by atoms with Crippen molar-refractivity contribution in [3.05, 3.63) is 294 Å². The Kier molecular flexibility index (Phi) is 25.6. The number of nitro groups is 2. The molecule has 0 saturated carbocycles. The zero-order valence-corrected chi connectivity index (χ0v) is 47.2. The van der Waals surface area contributed by atoms with Crippen molar-refractivity contribution < 1.29 is 43.1 Å². The van der Waals surface area contributed by atoms with Gasteiger partial charge in [0.25, 0.3) is 17.3 Å². The summed E-state index contributed by atoms with van der Waals surface area (Å²) >= 11 is 6.67. The van der Waals surface area contributed by atoms with Gasteiger partial charge in [-0.25, -0.2) is 14.4 Å². The predicted octanol–water partition coefficient (Wildman–Crippen LogP) is 15.7. The maximum Gasteiger partial charge on any atom is 0.312 e. The molecule has 5 aromatic carbocycles. The number of carbonyl (C=O) groups is 1. The van der Waals surface area contributed by atoms with Crippen molar-refractivity contribution >= 4 is 72.3 Å². The number of amides is 1. The van der Waals surface area contributed by atoms with Crippen molar-refractivity contribution in [1.82, 2.24) is 24.9 Å². The van der Waals surface area contributed by atoms with Gasteiger partial charge >= 0.3 is 17.5 Å². The molecule has 0 radical (unpaired) electrons. The molecular weight excluding hydrogens is 1240 g/mol. The standard InChI is InChI=1S/C12H9BrN2O2.C12H7BrN2O.C12H7N3O3.C12H9N3O.C6H4FNO2.C6H4N2O/c13-8-3-5-9(6-4-8)17-10-2-1-7-15-11(10)12(14)16;1-14-12-11(3-2-8-15-12)16-10-6-4-9(13)5-7-10;1-13-12-11(3-2-8-14-12)18-10-6-4-9(5-7-10)15(16)17;1-14-12-11(3-2-8-15-12)16-10-6-4-9(13)5-7-10;7-5-1-3-6(4-2-5)8(9)10;7-4-5-6(9)2-1-3-8-5/h1-7H,(H2,14,16);2-8H;2-8H;2-8H,13H2;1-4H;1-3,9H. The molecule has 0 saturated heterocycles. The Hall–Kier alpha value is -12.2. The topological polar surface area (TPSA) is 314 Å². The number of aromatic hydroxyl groups is 1. The van der Waals surface area contributed by atoms with Crippen LogP contribution in [-0.2, 0) is 0 Å². The Labute approximate surface area is 505 Å². The number of primary amides is 1. The van der Waals surface area contributed by atoms with Gasteiger partial charge in [0.15, 0.2) is 40.1 Å². The number of anilines is 1. The first-order chi connectivity index (χ1) is 41.5. The lowest BCUT2D eigenvalue weighted by molar-refractivity contribution is -0.385. The van der Waals surface area contributed by atoms with E-state index in [9.17, 15) is 29.4 Å². The van der Waals surface area contributed by atoms with Gasteiger partial charge in [-0.2, -0.15) is 5.26 Å². The molecule has 5 N–H and O–H groups in total. The minimum atomic E-state index is -0.613. The Morgan fingerprint density at radius 2 is 0.849 bits per heavy atom. The minimum absolute atomic E-state index is 0.0149. The number of aromatic nitrogens is 5. The summed E-state index contributed by atoms with van der Waals surface area (Å²) in [5, 5.41) is 37.6. The zero-order valence-electron chi connectivity index (χ0n) is 44.0. The number of nitrogen functional groups attached to an aromatic ring is 1. The highest BCUT2D eigenvalue weighted by atomic mass is 79.9. The molecule has 0 fully saturated rings. The van der Waals surface area contributed by atoms with E-state index in [2.05, 4.69) is 71.3 Å². The molecule has 0 aliphatic rings. The number of nitro benzene ring substituents is 2. The van der Waals surface area contributed by atoms with E-state index in [-0.39, 0.29) is 46.0 Å². The second kappa shape index (κ2) is 34.1. The van der Waals surface area contributed by atoms with E-state index in [4.69, 9.17) is 60.5 Å². The molecule has 5 heterocycles. The van der Waals surface area contributed by atoms with Crippen LogP contribution in [0.25, 0.3) is 14.5 Å². The molecular formula is C60H40Br2FN13O10. The Bertz CT molecular complexity index is 3950.